The SMILES string of the molecule is C=CCNC(=O)c1ccc(-c2ccc3c(c2)COC(C2CCN(C(=O)OCC4(C)CC4)CC2)O3)cc1. The smallest absolute Gasteiger partial charge is 0.409 e. The third-order valence-electron chi connectivity index (χ3n) is 7.42. The van der Waals surface area contributed by atoms with Crippen molar-refractivity contribution < 1.29 is 23.8 Å². The summed E-state index contributed by atoms with van der Waals surface area (Å²) in [5, 5.41) is 2.79. The summed E-state index contributed by atoms with van der Waals surface area (Å²) < 4.78 is 17.8. The van der Waals surface area contributed by atoms with Crippen molar-refractivity contribution in [3.63, 3.8) is 0 Å². The first-order valence-electron chi connectivity index (χ1n) is 12.8. The summed E-state index contributed by atoms with van der Waals surface area (Å²) in [5.41, 5.74) is 3.89. The van der Waals surface area contributed by atoms with Crippen molar-refractivity contribution in [1.29, 1.82) is 0 Å². The average molecular weight is 491 g/mol. The molecule has 0 aromatic heterocycles. The van der Waals surface area contributed by atoms with Gasteiger partial charge in [0.05, 0.1) is 13.2 Å². The molecule has 190 valence electrons. The first-order chi connectivity index (χ1) is 17.4. The molecule has 0 bridgehead atoms. The number of nitrogens with one attached hydrogen (secondary N) is 1. The maximum Gasteiger partial charge on any atom is 0.409 e. The molecule has 1 saturated carbocycles. The molecule has 2 aromatic rings. The van der Waals surface area contributed by atoms with Crippen molar-refractivity contribution in [2.24, 2.45) is 11.3 Å². The highest BCUT2D eigenvalue weighted by molar-refractivity contribution is 5.94. The Morgan fingerprint density at radius 3 is 2.56 bits per heavy atom. The molecule has 1 saturated heterocycles. The summed E-state index contributed by atoms with van der Waals surface area (Å²) in [6.45, 7) is 8.55. The lowest BCUT2D eigenvalue weighted by Gasteiger charge is -2.37. The molecule has 2 aromatic carbocycles. The van der Waals surface area contributed by atoms with Crippen LogP contribution in [-0.4, -0.2) is 49.4 Å². The van der Waals surface area contributed by atoms with E-state index in [1.165, 1.54) is 0 Å². The Bertz CT molecular complexity index is 1120. The van der Waals surface area contributed by atoms with E-state index in [1.807, 2.05) is 36.4 Å². The van der Waals surface area contributed by atoms with E-state index in [9.17, 15) is 9.59 Å². The molecule has 2 aliphatic heterocycles. The zero-order valence-corrected chi connectivity index (χ0v) is 20.8. The predicted molar refractivity (Wildman–Crippen MR) is 137 cm³/mol. The van der Waals surface area contributed by atoms with Gasteiger partial charge in [0.15, 0.2) is 0 Å². The van der Waals surface area contributed by atoms with Crippen molar-refractivity contribution >= 4 is 12.0 Å². The summed E-state index contributed by atoms with van der Waals surface area (Å²) >= 11 is 0. The van der Waals surface area contributed by atoms with Gasteiger partial charge in [0.25, 0.3) is 5.91 Å². The zero-order chi connectivity index (χ0) is 25.1. The number of hydrogen-bond donors (Lipinski definition) is 1. The van der Waals surface area contributed by atoms with Gasteiger partial charge in [-0.05, 0) is 61.1 Å². The van der Waals surface area contributed by atoms with Crippen LogP contribution < -0.4 is 10.1 Å². The van der Waals surface area contributed by atoms with Crippen LogP contribution in [0.2, 0.25) is 0 Å². The van der Waals surface area contributed by atoms with E-state index in [2.05, 4.69) is 24.9 Å². The number of hydrogen-bond acceptors (Lipinski definition) is 5. The summed E-state index contributed by atoms with van der Waals surface area (Å²) in [6, 6.07) is 13.7. The quantitative estimate of drug-likeness (QED) is 0.543. The van der Waals surface area contributed by atoms with E-state index < -0.39 is 0 Å². The second-order valence-corrected chi connectivity index (χ2v) is 10.4. The van der Waals surface area contributed by atoms with Gasteiger partial charge in [0.2, 0.25) is 6.29 Å². The minimum absolute atomic E-state index is 0.116. The average Bonchev–Trinajstić information content (AvgIpc) is 3.67. The predicted octanol–water partition coefficient (Wildman–Crippen LogP) is 5.15. The highest BCUT2D eigenvalue weighted by Crippen LogP contribution is 2.45. The Kier molecular flexibility index (Phi) is 7.01. The topological polar surface area (TPSA) is 77.1 Å². The first-order valence-corrected chi connectivity index (χ1v) is 12.8. The monoisotopic (exact) mass is 490 g/mol. The van der Waals surface area contributed by atoms with Crippen LogP contribution in [0.3, 0.4) is 0 Å². The van der Waals surface area contributed by atoms with Crippen LogP contribution in [-0.2, 0) is 16.1 Å². The van der Waals surface area contributed by atoms with Crippen molar-refractivity contribution in [3.8, 4) is 16.9 Å². The van der Waals surface area contributed by atoms with E-state index in [-0.39, 0.29) is 29.6 Å². The van der Waals surface area contributed by atoms with E-state index in [1.54, 1.807) is 11.0 Å². The summed E-state index contributed by atoms with van der Waals surface area (Å²) in [5.74, 6) is 0.965. The van der Waals surface area contributed by atoms with Gasteiger partial charge in [-0.25, -0.2) is 4.79 Å². The molecule has 0 radical (unpaired) electrons. The van der Waals surface area contributed by atoms with Gasteiger partial charge in [-0.3, -0.25) is 4.79 Å². The van der Waals surface area contributed by atoms with Gasteiger partial charge >= 0.3 is 6.09 Å². The molecule has 1 atom stereocenters. The standard InChI is InChI=1S/C29H34N2O5/c1-3-14-30-26(32)21-6-4-20(5-7-21)23-8-9-25-24(17-23)18-34-27(36-25)22-10-15-31(16-11-22)28(33)35-19-29(2)12-13-29/h3-9,17,22,27H,1,10-16,18-19H2,2H3,(H,30,32). The molecule has 1 unspecified atom stereocenters. The van der Waals surface area contributed by atoms with Gasteiger partial charge in [-0.1, -0.05) is 31.2 Å². The molecule has 3 aliphatic rings. The van der Waals surface area contributed by atoms with Crippen LogP contribution in [0.4, 0.5) is 4.79 Å². The number of rotatable bonds is 7. The molecular weight excluding hydrogens is 456 g/mol. The van der Waals surface area contributed by atoms with E-state index in [0.29, 0.717) is 38.4 Å². The molecule has 7 heteroatoms. The lowest BCUT2D eigenvalue weighted by molar-refractivity contribution is -0.148. The molecule has 2 fully saturated rings. The van der Waals surface area contributed by atoms with Gasteiger partial charge in [-0.2, -0.15) is 0 Å². The van der Waals surface area contributed by atoms with E-state index in [4.69, 9.17) is 14.2 Å². The summed E-state index contributed by atoms with van der Waals surface area (Å²) in [6.07, 6.45) is 5.10. The third kappa shape index (κ3) is 5.57. The molecule has 1 aliphatic carbocycles. The molecule has 2 heterocycles. The van der Waals surface area contributed by atoms with Gasteiger partial charge in [0.1, 0.15) is 5.75 Å². The molecule has 36 heavy (non-hydrogen) atoms. The van der Waals surface area contributed by atoms with Crippen LogP contribution in [0.25, 0.3) is 11.1 Å². The van der Waals surface area contributed by atoms with Gasteiger partial charge in [-0.15, -0.1) is 6.58 Å². The van der Waals surface area contributed by atoms with Gasteiger partial charge < -0.3 is 24.4 Å². The summed E-state index contributed by atoms with van der Waals surface area (Å²) in [7, 11) is 0. The summed E-state index contributed by atoms with van der Waals surface area (Å²) in [4.78, 5) is 26.3. The van der Waals surface area contributed by atoms with Crippen LogP contribution in [0.15, 0.2) is 55.1 Å². The largest absolute Gasteiger partial charge is 0.464 e. The Labute approximate surface area is 212 Å². The van der Waals surface area contributed by atoms with Crippen LogP contribution in [0.5, 0.6) is 5.75 Å². The lowest BCUT2D eigenvalue weighted by Crippen LogP contribution is -2.44. The molecule has 2 amide bonds. The Balaban J connectivity index is 1.14. The second kappa shape index (κ2) is 10.3. The number of benzene rings is 2. The van der Waals surface area contributed by atoms with Gasteiger partial charge in [0, 0.05) is 42.1 Å². The fourth-order valence-electron chi connectivity index (χ4n) is 4.67. The van der Waals surface area contributed by atoms with Crippen molar-refractivity contribution in [2.75, 3.05) is 26.2 Å². The molecular formula is C29H34N2O5. The highest BCUT2D eigenvalue weighted by atomic mass is 16.7. The molecule has 5 rings (SSSR count). The van der Waals surface area contributed by atoms with Crippen molar-refractivity contribution in [1.82, 2.24) is 10.2 Å². The fraction of sp³-hybridized carbons (Fsp3) is 0.448. The van der Waals surface area contributed by atoms with Crippen LogP contribution >= 0.6 is 0 Å². The van der Waals surface area contributed by atoms with Crippen LogP contribution in [0, 0.1) is 11.3 Å². The number of amides is 2. The number of carbonyl (C=O) groups is 2. The highest BCUT2D eigenvalue weighted by Gasteiger charge is 2.39. The maximum atomic E-state index is 12.4. The van der Waals surface area contributed by atoms with E-state index in [0.717, 1.165) is 48.1 Å². The minimum atomic E-state index is -0.305. The van der Waals surface area contributed by atoms with Crippen molar-refractivity contribution in [3.05, 3.63) is 66.2 Å². The number of carbonyl (C=O) groups excluding carboxylic acids is 2. The molecule has 0 spiro atoms. The molecule has 7 nitrogen and oxygen atoms in total. The number of nitrogens with zero attached hydrogens (tertiary/aromatic N) is 1. The van der Waals surface area contributed by atoms with Crippen molar-refractivity contribution in [2.45, 2.75) is 45.5 Å². The second-order valence-electron chi connectivity index (χ2n) is 10.4. The number of fused-ring (bicyclic) bond motifs is 1. The number of likely N-dealkylation sites (tertiary alicyclic amines) is 1. The number of ether oxygens (including phenoxy) is 3. The fourth-order valence-corrected chi connectivity index (χ4v) is 4.67. The zero-order valence-electron chi connectivity index (χ0n) is 20.8. The Morgan fingerprint density at radius 2 is 1.86 bits per heavy atom. The lowest BCUT2D eigenvalue weighted by atomic mass is 9.95. The normalized spacial score (nSPS) is 20.6. The Morgan fingerprint density at radius 1 is 1.14 bits per heavy atom. The number of piperidine rings is 1. The van der Waals surface area contributed by atoms with Crippen LogP contribution in [0.1, 0.15) is 48.5 Å². The first kappa shape index (κ1) is 24.4. The van der Waals surface area contributed by atoms with E-state index >= 15 is 0 Å². The maximum absolute atomic E-state index is 12.4. The minimum Gasteiger partial charge on any atom is -0.464 e. The third-order valence-corrected chi connectivity index (χ3v) is 7.42. The Hall–Kier alpha value is -3.32. The molecule has 1 N–H and O–H groups in total.